The highest BCUT2D eigenvalue weighted by atomic mass is 16.5. The van der Waals surface area contributed by atoms with E-state index in [4.69, 9.17) is 20.6 Å². The summed E-state index contributed by atoms with van der Waals surface area (Å²) >= 11 is 0. The summed E-state index contributed by atoms with van der Waals surface area (Å²) < 4.78 is 11.6. The van der Waals surface area contributed by atoms with E-state index in [0.717, 1.165) is 24.4 Å². The van der Waals surface area contributed by atoms with Gasteiger partial charge in [0.05, 0.1) is 36.7 Å². The topological polar surface area (TPSA) is 97.3 Å². The van der Waals surface area contributed by atoms with Crippen LogP contribution >= 0.6 is 0 Å². The van der Waals surface area contributed by atoms with E-state index in [1.54, 1.807) is 6.07 Å². The Kier molecular flexibility index (Phi) is 4.71. The summed E-state index contributed by atoms with van der Waals surface area (Å²) in [6.07, 6.45) is 3.61. The molecule has 4 rings (SSSR count). The molecule has 0 amide bonds. The van der Waals surface area contributed by atoms with Crippen LogP contribution in [-0.4, -0.2) is 46.6 Å². The summed E-state index contributed by atoms with van der Waals surface area (Å²) in [4.78, 5) is 11.0. The van der Waals surface area contributed by atoms with Crippen LogP contribution in [0.2, 0.25) is 0 Å². The van der Waals surface area contributed by atoms with Crippen molar-refractivity contribution >= 4 is 17.2 Å². The number of nitrogen functional groups attached to an aromatic ring is 1. The fourth-order valence-electron chi connectivity index (χ4n) is 3.60. The SMILES string of the molecule is CC1COC[C@@H](C)N1c1cc(C(=N)c2cc(OC3(C)CC3)ccc2N)ncn1. The van der Waals surface area contributed by atoms with Gasteiger partial charge >= 0.3 is 0 Å². The van der Waals surface area contributed by atoms with Gasteiger partial charge in [-0.2, -0.15) is 0 Å². The van der Waals surface area contributed by atoms with E-state index in [9.17, 15) is 0 Å². The third-order valence-electron chi connectivity index (χ3n) is 5.45. The van der Waals surface area contributed by atoms with Gasteiger partial charge in [0.1, 0.15) is 23.5 Å². The van der Waals surface area contributed by atoms with Crippen LogP contribution in [0.5, 0.6) is 5.75 Å². The van der Waals surface area contributed by atoms with Crippen LogP contribution in [0.3, 0.4) is 0 Å². The summed E-state index contributed by atoms with van der Waals surface area (Å²) in [6, 6.07) is 7.76. The highest BCUT2D eigenvalue weighted by Crippen LogP contribution is 2.40. The summed E-state index contributed by atoms with van der Waals surface area (Å²) in [6.45, 7) is 7.63. The Bertz CT molecular complexity index is 886. The molecule has 1 saturated heterocycles. The lowest BCUT2D eigenvalue weighted by Crippen LogP contribution is -2.50. The average Bonchev–Trinajstić information content (AvgIpc) is 3.40. The molecule has 28 heavy (non-hydrogen) atoms. The maximum absolute atomic E-state index is 8.70. The maximum atomic E-state index is 8.70. The summed E-state index contributed by atoms with van der Waals surface area (Å²) in [5.41, 5.74) is 8.04. The minimum Gasteiger partial charge on any atom is -0.488 e. The van der Waals surface area contributed by atoms with Gasteiger partial charge < -0.3 is 20.1 Å². The lowest BCUT2D eigenvalue weighted by atomic mass is 10.0. The van der Waals surface area contributed by atoms with Crippen molar-refractivity contribution in [2.45, 2.75) is 51.3 Å². The molecule has 2 fully saturated rings. The van der Waals surface area contributed by atoms with Crippen molar-refractivity contribution in [1.82, 2.24) is 9.97 Å². The Morgan fingerprint density at radius 1 is 1.21 bits per heavy atom. The Balaban J connectivity index is 1.62. The molecule has 2 atom stereocenters. The van der Waals surface area contributed by atoms with Gasteiger partial charge in [0.2, 0.25) is 0 Å². The lowest BCUT2D eigenvalue weighted by Gasteiger charge is -2.39. The smallest absolute Gasteiger partial charge is 0.133 e. The minimum absolute atomic E-state index is 0.0831. The number of nitrogens with one attached hydrogen (secondary N) is 1. The molecule has 1 aromatic carbocycles. The fraction of sp³-hybridized carbons (Fsp3) is 0.476. The molecule has 0 spiro atoms. The molecule has 1 unspecified atom stereocenters. The first-order chi connectivity index (χ1) is 13.4. The average molecular weight is 381 g/mol. The molecule has 2 heterocycles. The quantitative estimate of drug-likeness (QED) is 0.610. The molecule has 148 valence electrons. The first-order valence-corrected chi connectivity index (χ1v) is 9.72. The molecule has 2 aromatic rings. The van der Waals surface area contributed by atoms with Crippen LogP contribution < -0.4 is 15.4 Å². The van der Waals surface area contributed by atoms with E-state index in [-0.39, 0.29) is 23.4 Å². The van der Waals surface area contributed by atoms with Gasteiger partial charge in [-0.05, 0) is 51.8 Å². The van der Waals surface area contributed by atoms with Crippen LogP contribution in [0, 0.1) is 5.41 Å². The van der Waals surface area contributed by atoms with Gasteiger partial charge in [0.25, 0.3) is 0 Å². The first kappa shape index (κ1) is 18.7. The van der Waals surface area contributed by atoms with Crippen LogP contribution in [0.15, 0.2) is 30.6 Å². The van der Waals surface area contributed by atoms with E-state index in [1.807, 2.05) is 18.2 Å². The van der Waals surface area contributed by atoms with Crippen molar-refractivity contribution in [1.29, 1.82) is 5.41 Å². The third kappa shape index (κ3) is 3.67. The van der Waals surface area contributed by atoms with Crippen LogP contribution in [0.1, 0.15) is 44.9 Å². The lowest BCUT2D eigenvalue weighted by molar-refractivity contribution is 0.0752. The highest BCUT2D eigenvalue weighted by Gasteiger charge is 2.40. The fourth-order valence-corrected chi connectivity index (χ4v) is 3.60. The highest BCUT2D eigenvalue weighted by molar-refractivity contribution is 6.13. The number of ether oxygens (including phenoxy) is 2. The normalized spacial score (nSPS) is 23.3. The van der Waals surface area contributed by atoms with Crippen LogP contribution in [-0.2, 0) is 4.74 Å². The van der Waals surface area contributed by atoms with E-state index in [1.165, 1.54) is 6.33 Å². The molecule has 2 aliphatic rings. The van der Waals surface area contributed by atoms with E-state index >= 15 is 0 Å². The van der Waals surface area contributed by atoms with Gasteiger partial charge in [-0.1, -0.05) is 0 Å². The van der Waals surface area contributed by atoms with Gasteiger partial charge in [-0.3, -0.25) is 5.41 Å². The first-order valence-electron chi connectivity index (χ1n) is 9.72. The Labute approximate surface area is 165 Å². The van der Waals surface area contributed by atoms with E-state index < -0.39 is 0 Å². The van der Waals surface area contributed by atoms with E-state index in [2.05, 4.69) is 35.6 Å². The van der Waals surface area contributed by atoms with Crippen molar-refractivity contribution in [3.63, 3.8) is 0 Å². The van der Waals surface area contributed by atoms with Crippen molar-refractivity contribution in [3.8, 4) is 5.75 Å². The number of rotatable bonds is 5. The van der Waals surface area contributed by atoms with Gasteiger partial charge in [-0.15, -0.1) is 0 Å². The molecule has 1 saturated carbocycles. The maximum Gasteiger partial charge on any atom is 0.133 e. The number of nitrogens with two attached hydrogens (primary N) is 1. The summed E-state index contributed by atoms with van der Waals surface area (Å²) in [7, 11) is 0. The van der Waals surface area contributed by atoms with Gasteiger partial charge in [0.15, 0.2) is 0 Å². The minimum atomic E-state index is -0.0831. The Hall–Kier alpha value is -2.67. The summed E-state index contributed by atoms with van der Waals surface area (Å²) in [5.74, 6) is 1.54. The zero-order valence-electron chi connectivity index (χ0n) is 16.6. The zero-order chi connectivity index (χ0) is 19.9. The van der Waals surface area contributed by atoms with Gasteiger partial charge in [-0.25, -0.2) is 9.97 Å². The number of hydrogen-bond donors (Lipinski definition) is 2. The van der Waals surface area contributed by atoms with Crippen LogP contribution in [0.25, 0.3) is 0 Å². The second kappa shape index (κ2) is 7.05. The number of hydrogen-bond acceptors (Lipinski definition) is 7. The molecule has 7 heteroatoms. The predicted molar refractivity (Wildman–Crippen MR) is 109 cm³/mol. The number of benzene rings is 1. The number of anilines is 2. The molecule has 0 bridgehead atoms. The predicted octanol–water partition coefficient (Wildman–Crippen LogP) is 3.02. The van der Waals surface area contributed by atoms with Crippen molar-refractivity contribution in [2.75, 3.05) is 23.8 Å². The molecule has 1 aliphatic heterocycles. The largest absolute Gasteiger partial charge is 0.488 e. The Morgan fingerprint density at radius 2 is 1.93 bits per heavy atom. The van der Waals surface area contributed by atoms with Crippen molar-refractivity contribution in [3.05, 3.63) is 41.9 Å². The molecular weight excluding hydrogens is 354 g/mol. The van der Waals surface area contributed by atoms with Crippen molar-refractivity contribution < 1.29 is 9.47 Å². The second-order valence-corrected chi connectivity index (χ2v) is 8.08. The second-order valence-electron chi connectivity index (χ2n) is 8.08. The zero-order valence-corrected chi connectivity index (χ0v) is 16.6. The Morgan fingerprint density at radius 3 is 2.61 bits per heavy atom. The standard InChI is InChI=1S/C21H27N5O2/c1-13-10-27-11-14(2)26(13)19-9-18(24-12-25-19)20(23)16-8-15(4-5-17(16)22)28-21(3)6-7-21/h4-5,8-9,12-14,23H,6-7,10-11,22H2,1-3H3/t13-,14?/m1/s1. The molecule has 1 aromatic heterocycles. The number of aromatic nitrogens is 2. The molecule has 1 aliphatic carbocycles. The molecular formula is C21H27N5O2. The van der Waals surface area contributed by atoms with E-state index in [0.29, 0.717) is 30.2 Å². The van der Waals surface area contributed by atoms with Gasteiger partial charge in [0, 0.05) is 17.3 Å². The number of morpholine rings is 1. The third-order valence-corrected chi connectivity index (χ3v) is 5.45. The summed E-state index contributed by atoms with van der Waals surface area (Å²) in [5, 5.41) is 8.70. The molecule has 7 nitrogen and oxygen atoms in total. The molecule has 0 radical (unpaired) electrons. The number of nitrogens with zero attached hydrogens (tertiary/aromatic N) is 3. The van der Waals surface area contributed by atoms with Crippen molar-refractivity contribution in [2.24, 2.45) is 0 Å². The monoisotopic (exact) mass is 381 g/mol. The van der Waals surface area contributed by atoms with Crippen LogP contribution in [0.4, 0.5) is 11.5 Å². The molecule has 3 N–H and O–H groups in total.